The number of benzene rings is 1. The Bertz CT molecular complexity index is 672. The van der Waals surface area contributed by atoms with E-state index in [-0.39, 0.29) is 11.6 Å². The van der Waals surface area contributed by atoms with E-state index in [0.717, 1.165) is 0 Å². The Kier molecular flexibility index (Phi) is 2.38. The molecule has 1 aromatic carbocycles. The van der Waals surface area contributed by atoms with Crippen LogP contribution in [-0.4, -0.2) is 16.6 Å². The van der Waals surface area contributed by atoms with Crippen molar-refractivity contribution in [2.45, 2.75) is 0 Å². The summed E-state index contributed by atoms with van der Waals surface area (Å²) in [5, 5.41) is 0. The smallest absolute Gasteiger partial charge is 0.196 e. The maximum absolute atomic E-state index is 12.3. The Labute approximate surface area is 104 Å². The molecular formula is C15H9NO2. The molecule has 1 heterocycles. The van der Waals surface area contributed by atoms with Gasteiger partial charge < -0.3 is 0 Å². The number of aromatic nitrogens is 1. The molecule has 86 valence electrons. The van der Waals surface area contributed by atoms with E-state index in [1.54, 1.807) is 48.7 Å². The fraction of sp³-hybridized carbons (Fsp3) is 0. The molecule has 3 heteroatoms. The Morgan fingerprint density at radius 2 is 1.56 bits per heavy atom. The van der Waals surface area contributed by atoms with Crippen molar-refractivity contribution in [3.63, 3.8) is 0 Å². The lowest BCUT2D eigenvalue weighted by atomic mass is 9.88. The molecule has 1 aliphatic carbocycles. The zero-order valence-corrected chi connectivity index (χ0v) is 9.46. The molecular weight excluding hydrogens is 226 g/mol. The lowest BCUT2D eigenvalue weighted by Gasteiger charge is -2.14. The van der Waals surface area contributed by atoms with Gasteiger partial charge in [-0.2, -0.15) is 0 Å². The fourth-order valence-corrected chi connectivity index (χ4v) is 2.03. The number of hydrogen-bond donors (Lipinski definition) is 0. The number of nitrogens with zero attached hydrogens (tertiary/aromatic N) is 1. The average Bonchev–Trinajstić information content (AvgIpc) is 2.44. The third-order valence-electron chi connectivity index (χ3n) is 2.90. The van der Waals surface area contributed by atoms with E-state index in [2.05, 4.69) is 4.98 Å². The zero-order chi connectivity index (χ0) is 12.5. The van der Waals surface area contributed by atoms with Crippen LogP contribution in [0.3, 0.4) is 0 Å². The molecule has 1 aliphatic rings. The quantitative estimate of drug-likeness (QED) is 0.763. The second kappa shape index (κ2) is 4.04. The molecule has 2 aromatic rings. The Morgan fingerprint density at radius 1 is 0.833 bits per heavy atom. The van der Waals surface area contributed by atoms with Gasteiger partial charge in [-0.1, -0.05) is 30.3 Å². The molecule has 3 nitrogen and oxygen atoms in total. The van der Waals surface area contributed by atoms with Crippen LogP contribution in [0.2, 0.25) is 0 Å². The number of fused-ring (bicyclic) bond motifs is 1. The second-order valence-corrected chi connectivity index (χ2v) is 4.01. The molecule has 0 saturated heterocycles. The number of pyridine rings is 1. The second-order valence-electron chi connectivity index (χ2n) is 4.01. The molecule has 0 atom stereocenters. The number of carbonyl (C=O) groups excluding carboxylic acids is 2. The van der Waals surface area contributed by atoms with Gasteiger partial charge in [-0.25, -0.2) is 0 Å². The summed E-state index contributed by atoms with van der Waals surface area (Å²) in [7, 11) is 0. The number of hydrogen-bond acceptors (Lipinski definition) is 3. The summed E-state index contributed by atoms with van der Waals surface area (Å²) in [6, 6.07) is 12.1. The number of allylic oxidation sites excluding steroid dienone is 2. The molecule has 0 amide bonds. The number of rotatable bonds is 1. The van der Waals surface area contributed by atoms with Gasteiger partial charge in [0.05, 0.1) is 11.3 Å². The van der Waals surface area contributed by atoms with E-state index in [1.807, 2.05) is 0 Å². The van der Waals surface area contributed by atoms with Crippen LogP contribution >= 0.6 is 0 Å². The fourth-order valence-electron chi connectivity index (χ4n) is 2.03. The van der Waals surface area contributed by atoms with Gasteiger partial charge in [0.25, 0.3) is 0 Å². The maximum atomic E-state index is 12.3. The first-order chi connectivity index (χ1) is 8.77. The molecule has 18 heavy (non-hydrogen) atoms. The molecule has 0 unspecified atom stereocenters. The van der Waals surface area contributed by atoms with Gasteiger partial charge in [-0.05, 0) is 18.2 Å². The van der Waals surface area contributed by atoms with Crippen LogP contribution in [0.15, 0.2) is 54.7 Å². The van der Waals surface area contributed by atoms with Crippen molar-refractivity contribution < 1.29 is 9.59 Å². The van der Waals surface area contributed by atoms with Crippen LogP contribution < -0.4 is 0 Å². The topological polar surface area (TPSA) is 47.0 Å². The van der Waals surface area contributed by atoms with Gasteiger partial charge in [0.1, 0.15) is 0 Å². The Balaban J connectivity index is 2.16. The van der Waals surface area contributed by atoms with Crippen molar-refractivity contribution in [2.75, 3.05) is 0 Å². The standard InChI is InChI=1S/C15H9NO2/c17-14-9-12(13-7-3-4-8-16-13)15(18)11-6-2-1-5-10(11)14/h1-9H. The first-order valence-corrected chi connectivity index (χ1v) is 5.58. The predicted molar refractivity (Wildman–Crippen MR) is 67.3 cm³/mol. The van der Waals surface area contributed by atoms with E-state index in [4.69, 9.17) is 0 Å². The lowest BCUT2D eigenvalue weighted by molar-refractivity contribution is 0.100. The largest absolute Gasteiger partial charge is 0.289 e. The summed E-state index contributed by atoms with van der Waals surface area (Å²) >= 11 is 0. The van der Waals surface area contributed by atoms with Crippen LogP contribution in [0.4, 0.5) is 0 Å². The molecule has 0 bridgehead atoms. The molecule has 0 N–H and O–H groups in total. The first-order valence-electron chi connectivity index (χ1n) is 5.58. The Hall–Kier alpha value is -2.55. The van der Waals surface area contributed by atoms with Gasteiger partial charge in [-0.15, -0.1) is 0 Å². The number of carbonyl (C=O) groups is 2. The molecule has 0 aliphatic heterocycles. The summed E-state index contributed by atoms with van der Waals surface area (Å²) in [5.74, 6) is -0.297. The minimum atomic E-state index is -0.149. The van der Waals surface area contributed by atoms with Gasteiger partial charge in [0.15, 0.2) is 11.6 Å². The van der Waals surface area contributed by atoms with Gasteiger partial charge in [-0.3, -0.25) is 14.6 Å². The van der Waals surface area contributed by atoms with E-state index in [0.29, 0.717) is 22.4 Å². The average molecular weight is 235 g/mol. The van der Waals surface area contributed by atoms with Gasteiger partial charge in [0, 0.05) is 17.3 Å². The molecule has 1 aromatic heterocycles. The van der Waals surface area contributed by atoms with Gasteiger partial charge >= 0.3 is 0 Å². The molecule has 0 fully saturated rings. The maximum Gasteiger partial charge on any atom is 0.196 e. The number of Topliss-reactive ketones (excluding diaryl/α,β-unsaturated/α-hetero) is 1. The van der Waals surface area contributed by atoms with Crippen LogP contribution in [0, 0.1) is 0 Å². The third-order valence-corrected chi connectivity index (χ3v) is 2.90. The van der Waals surface area contributed by atoms with E-state index in [1.165, 1.54) is 6.08 Å². The highest BCUT2D eigenvalue weighted by Gasteiger charge is 2.26. The summed E-state index contributed by atoms with van der Waals surface area (Å²) < 4.78 is 0. The molecule has 3 rings (SSSR count). The molecule has 0 saturated carbocycles. The summed E-state index contributed by atoms with van der Waals surface area (Å²) in [6.07, 6.45) is 2.97. The minimum Gasteiger partial charge on any atom is -0.289 e. The van der Waals surface area contributed by atoms with Crippen molar-refractivity contribution in [1.82, 2.24) is 4.98 Å². The zero-order valence-electron chi connectivity index (χ0n) is 9.46. The van der Waals surface area contributed by atoms with Crippen molar-refractivity contribution in [1.29, 1.82) is 0 Å². The van der Waals surface area contributed by atoms with Crippen LogP contribution in [0.25, 0.3) is 5.57 Å². The minimum absolute atomic E-state index is 0.147. The van der Waals surface area contributed by atoms with E-state index >= 15 is 0 Å². The van der Waals surface area contributed by atoms with Crippen molar-refractivity contribution in [3.05, 3.63) is 71.6 Å². The van der Waals surface area contributed by atoms with Gasteiger partial charge in [0.2, 0.25) is 0 Å². The van der Waals surface area contributed by atoms with E-state index in [9.17, 15) is 9.59 Å². The van der Waals surface area contributed by atoms with Crippen molar-refractivity contribution in [2.24, 2.45) is 0 Å². The SMILES string of the molecule is O=C1C=C(c2ccccn2)C(=O)c2ccccc21. The van der Waals surface area contributed by atoms with Crippen molar-refractivity contribution in [3.8, 4) is 0 Å². The highest BCUT2D eigenvalue weighted by Crippen LogP contribution is 2.26. The number of ketones is 2. The summed E-state index contributed by atoms with van der Waals surface area (Å²) in [5.41, 5.74) is 1.80. The molecule has 0 spiro atoms. The summed E-state index contributed by atoms with van der Waals surface area (Å²) in [4.78, 5) is 28.4. The lowest BCUT2D eigenvalue weighted by Crippen LogP contribution is -2.16. The Morgan fingerprint density at radius 3 is 2.28 bits per heavy atom. The summed E-state index contributed by atoms with van der Waals surface area (Å²) in [6.45, 7) is 0. The van der Waals surface area contributed by atoms with Crippen LogP contribution in [0.5, 0.6) is 0 Å². The predicted octanol–water partition coefficient (Wildman–Crippen LogP) is 2.54. The third kappa shape index (κ3) is 1.57. The monoisotopic (exact) mass is 235 g/mol. The highest BCUT2D eigenvalue weighted by molar-refractivity contribution is 6.38. The van der Waals surface area contributed by atoms with Crippen LogP contribution in [0.1, 0.15) is 26.4 Å². The highest BCUT2D eigenvalue weighted by atomic mass is 16.1. The van der Waals surface area contributed by atoms with E-state index < -0.39 is 0 Å². The van der Waals surface area contributed by atoms with Crippen molar-refractivity contribution >= 4 is 17.1 Å². The van der Waals surface area contributed by atoms with Crippen LogP contribution in [-0.2, 0) is 0 Å². The first kappa shape index (κ1) is 10.6. The molecule has 0 radical (unpaired) electrons. The normalized spacial score (nSPS) is 14.1.